The molecule has 0 aliphatic heterocycles. The highest BCUT2D eigenvalue weighted by atomic mass is 35.5. The van der Waals surface area contributed by atoms with Crippen LogP contribution >= 0.6 is 11.6 Å². The Bertz CT molecular complexity index is 179. The second kappa shape index (κ2) is 6.44. The van der Waals surface area contributed by atoms with Crippen LogP contribution in [0.2, 0.25) is 0 Å². The van der Waals surface area contributed by atoms with Gasteiger partial charge in [0.2, 0.25) is 0 Å². The van der Waals surface area contributed by atoms with Crippen LogP contribution in [0.1, 0.15) is 58.3 Å². The molecule has 1 aliphatic carbocycles. The predicted octanol–water partition coefficient (Wildman–Crippen LogP) is 3.93. The molecule has 0 N–H and O–H groups in total. The van der Waals surface area contributed by atoms with Crippen molar-refractivity contribution in [3.05, 3.63) is 0 Å². The second-order valence-electron chi connectivity index (χ2n) is 4.34. The molecule has 0 amide bonds. The van der Waals surface area contributed by atoms with Crippen LogP contribution in [-0.4, -0.2) is 11.2 Å². The second-order valence-corrected chi connectivity index (χ2v) is 4.90. The minimum absolute atomic E-state index is 0.169. The van der Waals surface area contributed by atoms with Crippen LogP contribution in [0.25, 0.3) is 0 Å². The third kappa shape index (κ3) is 4.45. The molecule has 1 aliphatic rings. The van der Waals surface area contributed by atoms with Crippen molar-refractivity contribution in [3.63, 3.8) is 0 Å². The molecule has 0 aromatic heterocycles. The summed E-state index contributed by atoms with van der Waals surface area (Å²) in [6.45, 7) is 2.22. The standard InChI is InChI=1S/C12H21ClO/c1-2-3-4-5-6-7-8-12(14)10-9-11(10)13/h10-11H,2-9H2,1H3. The van der Waals surface area contributed by atoms with Crippen molar-refractivity contribution in [1.29, 1.82) is 0 Å². The van der Waals surface area contributed by atoms with Gasteiger partial charge in [-0.3, -0.25) is 4.79 Å². The van der Waals surface area contributed by atoms with Crippen LogP contribution in [0.5, 0.6) is 0 Å². The van der Waals surface area contributed by atoms with Gasteiger partial charge in [0.05, 0.1) is 0 Å². The molecule has 14 heavy (non-hydrogen) atoms. The number of ketones is 1. The molecule has 0 aromatic carbocycles. The lowest BCUT2D eigenvalue weighted by Crippen LogP contribution is -2.01. The van der Waals surface area contributed by atoms with Gasteiger partial charge >= 0.3 is 0 Å². The molecule has 2 unspecified atom stereocenters. The van der Waals surface area contributed by atoms with Crippen LogP contribution in [0, 0.1) is 5.92 Å². The zero-order valence-electron chi connectivity index (χ0n) is 9.10. The highest BCUT2D eigenvalue weighted by Gasteiger charge is 2.40. The van der Waals surface area contributed by atoms with Gasteiger partial charge in [-0.15, -0.1) is 11.6 Å². The smallest absolute Gasteiger partial charge is 0.137 e. The molecular weight excluding hydrogens is 196 g/mol. The van der Waals surface area contributed by atoms with E-state index in [-0.39, 0.29) is 11.3 Å². The fourth-order valence-corrected chi connectivity index (χ4v) is 2.09. The van der Waals surface area contributed by atoms with E-state index in [1.54, 1.807) is 0 Å². The highest BCUT2D eigenvalue weighted by Crippen LogP contribution is 2.37. The summed E-state index contributed by atoms with van der Waals surface area (Å²) < 4.78 is 0. The van der Waals surface area contributed by atoms with E-state index in [9.17, 15) is 4.79 Å². The highest BCUT2D eigenvalue weighted by molar-refractivity contribution is 6.24. The van der Waals surface area contributed by atoms with Crippen LogP contribution in [0.15, 0.2) is 0 Å². The maximum Gasteiger partial charge on any atom is 0.137 e. The number of unbranched alkanes of at least 4 members (excludes halogenated alkanes) is 5. The molecule has 1 fully saturated rings. The summed E-state index contributed by atoms with van der Waals surface area (Å²) in [6.07, 6.45) is 9.21. The number of hydrogen-bond donors (Lipinski definition) is 0. The molecule has 82 valence electrons. The van der Waals surface area contributed by atoms with Crippen molar-refractivity contribution < 1.29 is 4.79 Å². The lowest BCUT2D eigenvalue weighted by molar-refractivity contribution is -0.120. The number of carbonyl (C=O) groups excluding carboxylic acids is 1. The van der Waals surface area contributed by atoms with E-state index >= 15 is 0 Å². The van der Waals surface area contributed by atoms with Gasteiger partial charge < -0.3 is 0 Å². The third-order valence-electron chi connectivity index (χ3n) is 2.90. The normalized spacial score (nSPS) is 25.0. The monoisotopic (exact) mass is 216 g/mol. The van der Waals surface area contributed by atoms with Crippen molar-refractivity contribution in [1.82, 2.24) is 0 Å². The SMILES string of the molecule is CCCCCCCCC(=O)C1CC1Cl. The van der Waals surface area contributed by atoms with Crippen molar-refractivity contribution in [3.8, 4) is 0 Å². The number of hydrogen-bond acceptors (Lipinski definition) is 1. The zero-order chi connectivity index (χ0) is 10.4. The van der Waals surface area contributed by atoms with E-state index in [1.807, 2.05) is 0 Å². The van der Waals surface area contributed by atoms with E-state index < -0.39 is 0 Å². The number of alkyl halides is 1. The number of Topliss-reactive ketones (excluding diaryl/α,β-unsaturated/α-hetero) is 1. The minimum Gasteiger partial charge on any atom is -0.299 e. The van der Waals surface area contributed by atoms with Gasteiger partial charge in [0.25, 0.3) is 0 Å². The number of rotatable bonds is 8. The van der Waals surface area contributed by atoms with E-state index in [0.29, 0.717) is 5.78 Å². The van der Waals surface area contributed by atoms with E-state index in [2.05, 4.69) is 6.92 Å². The molecule has 0 radical (unpaired) electrons. The van der Waals surface area contributed by atoms with Gasteiger partial charge in [-0.1, -0.05) is 39.0 Å². The molecule has 2 atom stereocenters. The molecule has 1 saturated carbocycles. The van der Waals surface area contributed by atoms with Gasteiger partial charge in [-0.05, 0) is 12.8 Å². The Labute approximate surface area is 92.2 Å². The Kier molecular flexibility index (Phi) is 5.54. The maximum absolute atomic E-state index is 11.4. The summed E-state index contributed by atoms with van der Waals surface area (Å²) >= 11 is 5.81. The van der Waals surface area contributed by atoms with Crippen molar-refractivity contribution in [2.45, 2.75) is 63.7 Å². The largest absolute Gasteiger partial charge is 0.299 e. The first kappa shape index (κ1) is 12.0. The molecule has 0 saturated heterocycles. The molecule has 0 heterocycles. The van der Waals surface area contributed by atoms with Crippen molar-refractivity contribution >= 4 is 17.4 Å². The topological polar surface area (TPSA) is 17.1 Å². The van der Waals surface area contributed by atoms with Crippen molar-refractivity contribution in [2.75, 3.05) is 0 Å². The van der Waals surface area contributed by atoms with Gasteiger partial charge in [-0.2, -0.15) is 0 Å². The lowest BCUT2D eigenvalue weighted by atomic mass is 10.1. The molecule has 1 nitrogen and oxygen atoms in total. The van der Waals surface area contributed by atoms with Crippen LogP contribution in [-0.2, 0) is 4.79 Å². The fraction of sp³-hybridized carbons (Fsp3) is 0.917. The summed E-state index contributed by atoms with van der Waals surface area (Å²) in [5, 5.41) is 0.169. The van der Waals surface area contributed by atoms with Crippen molar-refractivity contribution in [2.24, 2.45) is 5.92 Å². The Morgan fingerprint density at radius 3 is 2.36 bits per heavy atom. The van der Waals surface area contributed by atoms with Crippen LogP contribution in [0.4, 0.5) is 0 Å². The van der Waals surface area contributed by atoms with E-state index in [1.165, 1.54) is 32.1 Å². The quantitative estimate of drug-likeness (QED) is 0.444. The first-order valence-electron chi connectivity index (χ1n) is 5.92. The summed E-state index contributed by atoms with van der Waals surface area (Å²) in [7, 11) is 0. The average molecular weight is 217 g/mol. The van der Waals surface area contributed by atoms with Gasteiger partial charge in [0, 0.05) is 17.7 Å². The van der Waals surface area contributed by atoms with E-state index in [4.69, 9.17) is 11.6 Å². The summed E-state index contributed by atoms with van der Waals surface area (Å²) in [5.74, 6) is 0.618. The fourth-order valence-electron chi connectivity index (χ4n) is 1.76. The summed E-state index contributed by atoms with van der Waals surface area (Å²) in [5.41, 5.74) is 0. The molecule has 0 spiro atoms. The first-order valence-corrected chi connectivity index (χ1v) is 6.36. The predicted molar refractivity (Wildman–Crippen MR) is 60.7 cm³/mol. The van der Waals surface area contributed by atoms with Crippen LogP contribution in [0.3, 0.4) is 0 Å². The number of carbonyl (C=O) groups is 1. The average Bonchev–Trinajstić information content (AvgIpc) is 2.88. The van der Waals surface area contributed by atoms with Gasteiger partial charge in [0.1, 0.15) is 5.78 Å². The summed E-state index contributed by atoms with van der Waals surface area (Å²) in [6, 6.07) is 0. The molecule has 0 aromatic rings. The third-order valence-corrected chi connectivity index (χ3v) is 3.39. The summed E-state index contributed by atoms with van der Waals surface area (Å²) in [4.78, 5) is 11.4. The van der Waals surface area contributed by atoms with Gasteiger partial charge in [-0.25, -0.2) is 0 Å². The number of halogens is 1. The van der Waals surface area contributed by atoms with E-state index in [0.717, 1.165) is 19.3 Å². The molecule has 2 heteroatoms. The Hall–Kier alpha value is -0.0400. The Morgan fingerprint density at radius 1 is 1.21 bits per heavy atom. The zero-order valence-corrected chi connectivity index (χ0v) is 9.85. The Morgan fingerprint density at radius 2 is 1.79 bits per heavy atom. The van der Waals surface area contributed by atoms with Crippen LogP contribution < -0.4 is 0 Å². The molecule has 1 rings (SSSR count). The van der Waals surface area contributed by atoms with Gasteiger partial charge in [0.15, 0.2) is 0 Å². The minimum atomic E-state index is 0.169. The first-order chi connectivity index (χ1) is 6.75. The lowest BCUT2D eigenvalue weighted by Gasteiger charge is -1.99. The molecular formula is C12H21ClO. The molecule has 0 bridgehead atoms. The Balaban J connectivity index is 1.86. The maximum atomic E-state index is 11.4.